The van der Waals surface area contributed by atoms with Crippen molar-refractivity contribution in [2.24, 2.45) is 0 Å². The predicted octanol–water partition coefficient (Wildman–Crippen LogP) is 4.01. The van der Waals surface area contributed by atoms with Crippen LogP contribution in [0.3, 0.4) is 0 Å². The molecule has 1 unspecified atom stereocenters. The third-order valence-electron chi connectivity index (χ3n) is 2.41. The van der Waals surface area contributed by atoms with E-state index in [-0.39, 0.29) is 5.38 Å². The zero-order valence-corrected chi connectivity index (χ0v) is 9.07. The Labute approximate surface area is 88.2 Å². The molecule has 1 atom stereocenters. The van der Waals surface area contributed by atoms with E-state index in [1.165, 1.54) is 24.0 Å². The van der Waals surface area contributed by atoms with Crippen molar-refractivity contribution in [2.75, 3.05) is 0 Å². The summed E-state index contributed by atoms with van der Waals surface area (Å²) in [5.41, 5.74) is 2.95. The van der Waals surface area contributed by atoms with Crippen LogP contribution >= 0.6 is 22.9 Å². The highest BCUT2D eigenvalue weighted by atomic mass is 35.5. The van der Waals surface area contributed by atoms with Crippen molar-refractivity contribution in [1.29, 1.82) is 0 Å². The van der Waals surface area contributed by atoms with Crippen LogP contribution in [0.4, 0.5) is 0 Å². The first kappa shape index (κ1) is 9.29. The van der Waals surface area contributed by atoms with Crippen LogP contribution in [0, 0.1) is 0 Å². The molecule has 0 N–H and O–H groups in total. The fourth-order valence-electron chi connectivity index (χ4n) is 1.75. The molecule has 0 aromatic carbocycles. The van der Waals surface area contributed by atoms with Gasteiger partial charge in [-0.3, -0.25) is 0 Å². The monoisotopic (exact) mass is 212 g/mol. The van der Waals surface area contributed by atoms with E-state index in [0.717, 1.165) is 12.8 Å². The number of hydrogen-bond acceptors (Lipinski definition) is 1. The maximum Gasteiger partial charge on any atom is 0.0518 e. The molecule has 0 radical (unpaired) electrons. The van der Waals surface area contributed by atoms with Gasteiger partial charge in [0.25, 0.3) is 0 Å². The Morgan fingerprint density at radius 1 is 1.54 bits per heavy atom. The van der Waals surface area contributed by atoms with Crippen molar-refractivity contribution in [3.63, 3.8) is 0 Å². The molecule has 2 heteroatoms. The lowest BCUT2D eigenvalue weighted by molar-refractivity contribution is 0.694. The topological polar surface area (TPSA) is 0 Å². The van der Waals surface area contributed by atoms with E-state index in [0.29, 0.717) is 0 Å². The largest absolute Gasteiger partial charge is 0.152 e. The first-order valence-corrected chi connectivity index (χ1v) is 6.07. The van der Waals surface area contributed by atoms with Gasteiger partial charge in [0.05, 0.1) is 5.38 Å². The SMILES string of the molecule is ClC1C=C(Cc2ccsc2)CCC1. The molecule has 1 aliphatic rings. The van der Waals surface area contributed by atoms with Gasteiger partial charge in [0, 0.05) is 0 Å². The Morgan fingerprint density at radius 2 is 2.46 bits per heavy atom. The van der Waals surface area contributed by atoms with Gasteiger partial charge in [0.1, 0.15) is 0 Å². The highest BCUT2D eigenvalue weighted by Crippen LogP contribution is 2.24. The fourth-order valence-corrected chi connectivity index (χ4v) is 2.75. The molecule has 1 aliphatic carbocycles. The number of hydrogen-bond donors (Lipinski definition) is 0. The third-order valence-corrected chi connectivity index (χ3v) is 3.48. The van der Waals surface area contributed by atoms with Gasteiger partial charge in [-0.05, 0) is 48.1 Å². The molecule has 0 saturated carbocycles. The Kier molecular flexibility index (Phi) is 3.07. The fraction of sp³-hybridized carbons (Fsp3) is 0.455. The van der Waals surface area contributed by atoms with Gasteiger partial charge in [0.2, 0.25) is 0 Å². The summed E-state index contributed by atoms with van der Waals surface area (Å²) in [7, 11) is 0. The Bertz CT molecular complexity index is 287. The summed E-state index contributed by atoms with van der Waals surface area (Å²) in [4.78, 5) is 0. The van der Waals surface area contributed by atoms with Crippen molar-refractivity contribution in [3.8, 4) is 0 Å². The summed E-state index contributed by atoms with van der Waals surface area (Å²) in [5.74, 6) is 0. The molecular formula is C11H13ClS. The van der Waals surface area contributed by atoms with Gasteiger partial charge in [-0.2, -0.15) is 11.3 Å². The minimum atomic E-state index is 0.280. The van der Waals surface area contributed by atoms with Gasteiger partial charge in [-0.25, -0.2) is 0 Å². The van der Waals surface area contributed by atoms with Crippen LogP contribution in [-0.2, 0) is 6.42 Å². The van der Waals surface area contributed by atoms with E-state index in [9.17, 15) is 0 Å². The quantitative estimate of drug-likeness (QED) is 0.514. The van der Waals surface area contributed by atoms with Crippen molar-refractivity contribution >= 4 is 22.9 Å². The zero-order valence-electron chi connectivity index (χ0n) is 7.50. The molecule has 70 valence electrons. The molecule has 13 heavy (non-hydrogen) atoms. The van der Waals surface area contributed by atoms with E-state index in [1.54, 1.807) is 11.3 Å². The molecule has 0 amide bonds. The van der Waals surface area contributed by atoms with Crippen molar-refractivity contribution in [3.05, 3.63) is 34.0 Å². The first-order valence-electron chi connectivity index (χ1n) is 4.69. The van der Waals surface area contributed by atoms with Crippen LogP contribution in [0.2, 0.25) is 0 Å². The minimum Gasteiger partial charge on any atom is -0.152 e. The van der Waals surface area contributed by atoms with Crippen LogP contribution in [0.25, 0.3) is 0 Å². The molecule has 0 nitrogen and oxygen atoms in total. The molecule has 1 heterocycles. The van der Waals surface area contributed by atoms with E-state index in [1.807, 2.05) is 0 Å². The molecule has 2 rings (SSSR count). The predicted molar refractivity (Wildman–Crippen MR) is 59.6 cm³/mol. The number of halogens is 1. The average Bonchev–Trinajstić information content (AvgIpc) is 2.57. The van der Waals surface area contributed by atoms with Crippen molar-refractivity contribution < 1.29 is 0 Å². The Balaban J connectivity index is 2.02. The second-order valence-electron chi connectivity index (χ2n) is 3.54. The summed E-state index contributed by atoms with van der Waals surface area (Å²) in [6.07, 6.45) is 6.98. The van der Waals surface area contributed by atoms with Gasteiger partial charge < -0.3 is 0 Å². The summed E-state index contributed by atoms with van der Waals surface area (Å²) < 4.78 is 0. The molecule has 1 aromatic rings. The number of alkyl halides is 1. The second kappa shape index (κ2) is 4.30. The van der Waals surface area contributed by atoms with Crippen molar-refractivity contribution in [2.45, 2.75) is 31.1 Å². The molecule has 0 bridgehead atoms. The molecule has 1 aromatic heterocycles. The summed E-state index contributed by atoms with van der Waals surface area (Å²) in [5, 5.41) is 4.64. The molecule has 0 aliphatic heterocycles. The van der Waals surface area contributed by atoms with E-state index in [4.69, 9.17) is 11.6 Å². The standard InChI is InChI=1S/C11H13ClS/c12-11-3-1-2-9(7-11)6-10-4-5-13-8-10/h4-5,7-8,11H,1-3,6H2. The summed E-state index contributed by atoms with van der Waals surface area (Å²) in [6.45, 7) is 0. The van der Waals surface area contributed by atoms with Gasteiger partial charge >= 0.3 is 0 Å². The first-order chi connectivity index (χ1) is 6.34. The van der Waals surface area contributed by atoms with Crippen LogP contribution in [0.15, 0.2) is 28.5 Å². The Hall–Kier alpha value is -0.270. The lowest BCUT2D eigenvalue weighted by Gasteiger charge is -2.15. The summed E-state index contributed by atoms with van der Waals surface area (Å²) >= 11 is 7.85. The molecule has 0 saturated heterocycles. The van der Waals surface area contributed by atoms with Crippen LogP contribution < -0.4 is 0 Å². The number of thiophene rings is 1. The molecular weight excluding hydrogens is 200 g/mol. The van der Waals surface area contributed by atoms with Crippen LogP contribution in [-0.4, -0.2) is 5.38 Å². The normalized spacial score (nSPS) is 22.8. The van der Waals surface area contributed by atoms with E-state index >= 15 is 0 Å². The highest BCUT2D eigenvalue weighted by Gasteiger charge is 2.11. The van der Waals surface area contributed by atoms with Crippen LogP contribution in [0.5, 0.6) is 0 Å². The van der Waals surface area contributed by atoms with Crippen LogP contribution in [0.1, 0.15) is 24.8 Å². The highest BCUT2D eigenvalue weighted by molar-refractivity contribution is 7.07. The van der Waals surface area contributed by atoms with Gasteiger partial charge in [-0.1, -0.05) is 11.6 Å². The zero-order chi connectivity index (χ0) is 9.10. The Morgan fingerprint density at radius 3 is 3.15 bits per heavy atom. The maximum absolute atomic E-state index is 6.08. The van der Waals surface area contributed by atoms with Gasteiger partial charge in [-0.15, -0.1) is 11.6 Å². The minimum absolute atomic E-state index is 0.280. The third kappa shape index (κ3) is 2.58. The van der Waals surface area contributed by atoms with Crippen molar-refractivity contribution in [1.82, 2.24) is 0 Å². The lowest BCUT2D eigenvalue weighted by atomic mass is 9.95. The van der Waals surface area contributed by atoms with E-state index < -0.39 is 0 Å². The number of rotatable bonds is 2. The smallest absolute Gasteiger partial charge is 0.0518 e. The lowest BCUT2D eigenvalue weighted by Crippen LogP contribution is -2.04. The summed E-state index contributed by atoms with van der Waals surface area (Å²) in [6, 6.07) is 2.20. The number of allylic oxidation sites excluding steroid dienone is 2. The molecule has 0 fully saturated rings. The molecule has 0 spiro atoms. The van der Waals surface area contributed by atoms with Gasteiger partial charge in [0.15, 0.2) is 0 Å². The van der Waals surface area contributed by atoms with E-state index in [2.05, 4.69) is 22.9 Å². The second-order valence-corrected chi connectivity index (χ2v) is 4.88. The maximum atomic E-state index is 6.08. The average molecular weight is 213 g/mol.